The minimum absolute atomic E-state index is 0.222. The molecule has 0 radical (unpaired) electrons. The van der Waals surface area contributed by atoms with Gasteiger partial charge in [0.15, 0.2) is 0 Å². The van der Waals surface area contributed by atoms with E-state index in [0.717, 1.165) is 17.7 Å². The van der Waals surface area contributed by atoms with Crippen LogP contribution in [0.4, 0.5) is 17.6 Å². The highest BCUT2D eigenvalue weighted by atomic mass is 19.4. The lowest BCUT2D eigenvalue weighted by atomic mass is 10.1. The Morgan fingerprint density at radius 3 is 2.65 bits per heavy atom. The highest BCUT2D eigenvalue weighted by Crippen LogP contribution is 2.31. The quantitative estimate of drug-likeness (QED) is 0.471. The van der Waals surface area contributed by atoms with Gasteiger partial charge in [0.05, 0.1) is 18.8 Å². The number of ether oxygens (including phenoxy) is 1. The van der Waals surface area contributed by atoms with Crippen molar-refractivity contribution in [3.63, 3.8) is 0 Å². The van der Waals surface area contributed by atoms with Gasteiger partial charge in [0.2, 0.25) is 0 Å². The summed E-state index contributed by atoms with van der Waals surface area (Å²) in [4.78, 5) is 0. The second-order valence-corrected chi connectivity index (χ2v) is 4.50. The minimum atomic E-state index is -4.68. The standard InChI is InChI=1S/C14H17F4NO/c1-10(2)9-20-6-5-19-8-11-3-4-13(15)12(7-11)14(16,17)18/h3-4,7,19H,1,5-6,8-9H2,2H3. The summed E-state index contributed by atoms with van der Waals surface area (Å²) in [5, 5.41) is 2.93. The molecule has 2 nitrogen and oxygen atoms in total. The van der Waals surface area contributed by atoms with Crippen molar-refractivity contribution in [3.8, 4) is 0 Å². The lowest BCUT2D eigenvalue weighted by molar-refractivity contribution is -0.140. The molecule has 0 bridgehead atoms. The smallest absolute Gasteiger partial charge is 0.376 e. The monoisotopic (exact) mass is 291 g/mol. The summed E-state index contributed by atoms with van der Waals surface area (Å²) in [6.45, 7) is 7.11. The van der Waals surface area contributed by atoms with Crippen molar-refractivity contribution in [2.45, 2.75) is 19.6 Å². The van der Waals surface area contributed by atoms with Gasteiger partial charge >= 0.3 is 6.18 Å². The third-order valence-corrected chi connectivity index (χ3v) is 2.44. The van der Waals surface area contributed by atoms with Gasteiger partial charge in [0.1, 0.15) is 5.82 Å². The zero-order valence-electron chi connectivity index (χ0n) is 11.2. The van der Waals surface area contributed by atoms with Crippen LogP contribution in [0.5, 0.6) is 0 Å². The van der Waals surface area contributed by atoms with E-state index in [9.17, 15) is 17.6 Å². The first-order valence-electron chi connectivity index (χ1n) is 6.09. The van der Waals surface area contributed by atoms with Gasteiger partial charge in [0.25, 0.3) is 0 Å². The van der Waals surface area contributed by atoms with E-state index in [1.54, 1.807) is 0 Å². The Morgan fingerprint density at radius 1 is 1.35 bits per heavy atom. The van der Waals surface area contributed by atoms with Crippen LogP contribution in [0.3, 0.4) is 0 Å². The summed E-state index contributed by atoms with van der Waals surface area (Å²) in [6.07, 6.45) is -4.68. The first-order valence-corrected chi connectivity index (χ1v) is 6.09. The number of hydrogen-bond donors (Lipinski definition) is 1. The molecule has 0 unspecified atom stereocenters. The summed E-state index contributed by atoms with van der Waals surface area (Å²) in [6, 6.07) is 2.97. The van der Waals surface area contributed by atoms with E-state index in [0.29, 0.717) is 25.3 Å². The van der Waals surface area contributed by atoms with Gasteiger partial charge in [-0.15, -0.1) is 0 Å². The van der Waals surface area contributed by atoms with Gasteiger partial charge in [-0.05, 0) is 24.6 Å². The fourth-order valence-corrected chi connectivity index (χ4v) is 1.52. The summed E-state index contributed by atoms with van der Waals surface area (Å²) in [7, 11) is 0. The maximum absolute atomic E-state index is 13.1. The molecular weight excluding hydrogens is 274 g/mol. The van der Waals surface area contributed by atoms with Crippen molar-refractivity contribution < 1.29 is 22.3 Å². The molecule has 20 heavy (non-hydrogen) atoms. The molecule has 0 saturated carbocycles. The molecule has 1 aromatic rings. The van der Waals surface area contributed by atoms with Crippen LogP contribution in [0, 0.1) is 5.82 Å². The maximum Gasteiger partial charge on any atom is 0.419 e. The van der Waals surface area contributed by atoms with E-state index in [1.165, 1.54) is 6.07 Å². The first kappa shape index (κ1) is 16.7. The topological polar surface area (TPSA) is 21.3 Å². The highest BCUT2D eigenvalue weighted by Gasteiger charge is 2.34. The molecule has 1 rings (SSSR count). The first-order chi connectivity index (χ1) is 9.30. The van der Waals surface area contributed by atoms with Crippen LogP contribution >= 0.6 is 0 Å². The number of rotatable bonds is 7. The van der Waals surface area contributed by atoms with Crippen LogP contribution in [0.1, 0.15) is 18.1 Å². The molecule has 0 fully saturated rings. The zero-order valence-corrected chi connectivity index (χ0v) is 11.2. The van der Waals surface area contributed by atoms with Crippen molar-refractivity contribution in [1.29, 1.82) is 0 Å². The van der Waals surface area contributed by atoms with Crippen molar-refractivity contribution in [2.75, 3.05) is 19.8 Å². The maximum atomic E-state index is 13.1. The summed E-state index contributed by atoms with van der Waals surface area (Å²) in [5.74, 6) is -1.26. The lowest BCUT2D eigenvalue weighted by Gasteiger charge is -2.11. The van der Waals surface area contributed by atoms with Crippen LogP contribution in [-0.4, -0.2) is 19.8 Å². The van der Waals surface area contributed by atoms with E-state index in [-0.39, 0.29) is 6.54 Å². The number of nitrogens with one attached hydrogen (secondary N) is 1. The van der Waals surface area contributed by atoms with Gasteiger partial charge in [0, 0.05) is 13.1 Å². The van der Waals surface area contributed by atoms with Crippen LogP contribution in [0.2, 0.25) is 0 Å². The largest absolute Gasteiger partial charge is 0.419 e. The second kappa shape index (κ2) is 7.40. The molecule has 0 aliphatic rings. The number of alkyl halides is 3. The molecule has 0 heterocycles. The Bertz CT molecular complexity index is 457. The number of hydrogen-bond acceptors (Lipinski definition) is 2. The molecule has 0 spiro atoms. The van der Waals surface area contributed by atoms with Crippen LogP contribution in [0.15, 0.2) is 30.4 Å². The summed E-state index contributed by atoms with van der Waals surface area (Å²) < 4.78 is 55.8. The van der Waals surface area contributed by atoms with Gasteiger partial charge < -0.3 is 10.1 Å². The van der Waals surface area contributed by atoms with Crippen LogP contribution < -0.4 is 5.32 Å². The van der Waals surface area contributed by atoms with Crippen molar-refractivity contribution in [2.24, 2.45) is 0 Å². The normalized spacial score (nSPS) is 11.7. The molecule has 1 N–H and O–H groups in total. The molecule has 6 heteroatoms. The molecule has 0 aromatic heterocycles. The third kappa shape index (κ3) is 5.71. The molecular formula is C14H17F4NO. The van der Waals surface area contributed by atoms with E-state index >= 15 is 0 Å². The van der Waals surface area contributed by atoms with E-state index < -0.39 is 17.6 Å². The Labute approximate surface area is 115 Å². The van der Waals surface area contributed by atoms with E-state index in [2.05, 4.69) is 11.9 Å². The van der Waals surface area contributed by atoms with Crippen molar-refractivity contribution in [1.82, 2.24) is 5.32 Å². The fourth-order valence-electron chi connectivity index (χ4n) is 1.52. The molecule has 0 aliphatic heterocycles. The SMILES string of the molecule is C=C(C)COCCNCc1ccc(F)c(C(F)(F)F)c1. The highest BCUT2D eigenvalue weighted by molar-refractivity contribution is 5.27. The Hall–Kier alpha value is -1.40. The molecule has 112 valence electrons. The fraction of sp³-hybridized carbons (Fsp3) is 0.429. The molecule has 0 atom stereocenters. The predicted octanol–water partition coefficient (Wildman–Crippen LogP) is 3.53. The molecule has 0 saturated heterocycles. The van der Waals surface area contributed by atoms with E-state index in [1.807, 2.05) is 6.92 Å². The van der Waals surface area contributed by atoms with Crippen LogP contribution in [-0.2, 0) is 17.5 Å². The average Bonchev–Trinajstić information content (AvgIpc) is 2.33. The van der Waals surface area contributed by atoms with Gasteiger partial charge in [-0.1, -0.05) is 18.2 Å². The van der Waals surface area contributed by atoms with Gasteiger partial charge in [-0.3, -0.25) is 0 Å². The Morgan fingerprint density at radius 2 is 2.05 bits per heavy atom. The molecule has 0 amide bonds. The van der Waals surface area contributed by atoms with E-state index in [4.69, 9.17) is 4.74 Å². The zero-order chi connectivity index (χ0) is 15.2. The lowest BCUT2D eigenvalue weighted by Crippen LogP contribution is -2.20. The second-order valence-electron chi connectivity index (χ2n) is 4.50. The van der Waals surface area contributed by atoms with Gasteiger partial charge in [-0.25, -0.2) is 4.39 Å². The van der Waals surface area contributed by atoms with Gasteiger partial charge in [-0.2, -0.15) is 13.2 Å². The van der Waals surface area contributed by atoms with Crippen LogP contribution in [0.25, 0.3) is 0 Å². The minimum Gasteiger partial charge on any atom is -0.376 e. The van der Waals surface area contributed by atoms with Crippen molar-refractivity contribution >= 4 is 0 Å². The van der Waals surface area contributed by atoms with Crippen molar-refractivity contribution in [3.05, 3.63) is 47.3 Å². The summed E-state index contributed by atoms with van der Waals surface area (Å²) >= 11 is 0. The average molecular weight is 291 g/mol. The Balaban J connectivity index is 2.43. The molecule has 1 aromatic carbocycles. The number of halogens is 4. The summed E-state index contributed by atoms with van der Waals surface area (Å²) in [5.41, 5.74) is 0.0345. The third-order valence-electron chi connectivity index (χ3n) is 2.44. The number of benzene rings is 1. The predicted molar refractivity (Wildman–Crippen MR) is 68.7 cm³/mol. The molecule has 0 aliphatic carbocycles. The Kier molecular flexibility index (Phi) is 6.16.